The maximum atomic E-state index is 11.2. The molecule has 0 fully saturated rings. The number of urea groups is 1. The van der Waals surface area contributed by atoms with Crippen LogP contribution < -0.4 is 10.6 Å². The third-order valence-electron chi connectivity index (χ3n) is 2.09. The van der Waals surface area contributed by atoms with Gasteiger partial charge in [-0.05, 0) is 19.8 Å². The summed E-state index contributed by atoms with van der Waals surface area (Å²) in [6.45, 7) is 5.98. The lowest BCUT2D eigenvalue weighted by molar-refractivity contribution is -0.141. The summed E-state index contributed by atoms with van der Waals surface area (Å²) < 4.78 is 10.0. The highest BCUT2D eigenvalue weighted by Gasteiger charge is 2.04. The van der Waals surface area contributed by atoms with E-state index in [4.69, 9.17) is 4.74 Å². The van der Waals surface area contributed by atoms with Gasteiger partial charge in [-0.1, -0.05) is 13.3 Å². The van der Waals surface area contributed by atoms with E-state index in [1.165, 1.54) is 0 Å². The van der Waals surface area contributed by atoms with Gasteiger partial charge in [0, 0.05) is 19.8 Å². The van der Waals surface area contributed by atoms with Crippen molar-refractivity contribution >= 4 is 12.0 Å². The van der Waals surface area contributed by atoms with Crippen molar-refractivity contribution in [2.45, 2.75) is 33.1 Å². The SMILES string of the molecule is CCCCOCCCNC(=O)NCC(=O)OCC. The molecule has 0 heterocycles. The van der Waals surface area contributed by atoms with Crippen LogP contribution in [0, 0.1) is 0 Å². The van der Waals surface area contributed by atoms with E-state index in [1.54, 1.807) is 6.92 Å². The Hall–Kier alpha value is -1.30. The fourth-order valence-corrected chi connectivity index (χ4v) is 1.15. The third-order valence-corrected chi connectivity index (χ3v) is 2.09. The molecular formula is C12H24N2O4. The first kappa shape index (κ1) is 16.7. The first-order valence-corrected chi connectivity index (χ1v) is 6.45. The topological polar surface area (TPSA) is 76.7 Å². The number of hydrogen-bond donors (Lipinski definition) is 2. The van der Waals surface area contributed by atoms with E-state index in [2.05, 4.69) is 22.3 Å². The minimum absolute atomic E-state index is 0.104. The van der Waals surface area contributed by atoms with Crippen LogP contribution in [0.1, 0.15) is 33.1 Å². The molecule has 0 aliphatic heterocycles. The summed E-state index contributed by atoms with van der Waals surface area (Å²) in [6, 6.07) is -0.364. The highest BCUT2D eigenvalue weighted by molar-refractivity contribution is 5.80. The van der Waals surface area contributed by atoms with E-state index in [0.717, 1.165) is 25.9 Å². The highest BCUT2D eigenvalue weighted by Crippen LogP contribution is 1.88. The Morgan fingerprint density at radius 1 is 1.06 bits per heavy atom. The van der Waals surface area contributed by atoms with Gasteiger partial charge in [-0.3, -0.25) is 4.79 Å². The molecule has 0 atom stereocenters. The molecule has 18 heavy (non-hydrogen) atoms. The van der Waals surface area contributed by atoms with Crippen LogP contribution in [-0.2, 0) is 14.3 Å². The second-order valence-electron chi connectivity index (χ2n) is 3.73. The van der Waals surface area contributed by atoms with Gasteiger partial charge in [0.25, 0.3) is 0 Å². The van der Waals surface area contributed by atoms with Crippen molar-refractivity contribution in [3.63, 3.8) is 0 Å². The first-order valence-electron chi connectivity index (χ1n) is 6.45. The molecule has 106 valence electrons. The molecule has 0 aromatic rings. The lowest BCUT2D eigenvalue weighted by atomic mass is 10.4. The Morgan fingerprint density at radius 2 is 1.78 bits per heavy atom. The Kier molecular flexibility index (Phi) is 11.3. The maximum Gasteiger partial charge on any atom is 0.325 e. The Morgan fingerprint density at radius 3 is 2.44 bits per heavy atom. The monoisotopic (exact) mass is 260 g/mol. The van der Waals surface area contributed by atoms with Gasteiger partial charge in [-0.25, -0.2) is 4.79 Å². The molecule has 0 aromatic heterocycles. The molecule has 6 heteroatoms. The van der Waals surface area contributed by atoms with E-state index >= 15 is 0 Å². The van der Waals surface area contributed by atoms with Crippen molar-refractivity contribution in [3.05, 3.63) is 0 Å². The third kappa shape index (κ3) is 11.2. The van der Waals surface area contributed by atoms with Crippen molar-refractivity contribution in [3.8, 4) is 0 Å². The zero-order chi connectivity index (χ0) is 13.6. The molecule has 2 amide bonds. The van der Waals surface area contributed by atoms with Gasteiger partial charge in [0.15, 0.2) is 0 Å². The lowest BCUT2D eigenvalue weighted by Gasteiger charge is -2.07. The minimum atomic E-state index is -0.435. The highest BCUT2D eigenvalue weighted by atomic mass is 16.5. The predicted octanol–water partition coefficient (Wildman–Crippen LogP) is 1.06. The lowest BCUT2D eigenvalue weighted by Crippen LogP contribution is -2.39. The zero-order valence-corrected chi connectivity index (χ0v) is 11.3. The van der Waals surface area contributed by atoms with Gasteiger partial charge >= 0.3 is 12.0 Å². The van der Waals surface area contributed by atoms with Crippen molar-refractivity contribution < 1.29 is 19.1 Å². The largest absolute Gasteiger partial charge is 0.465 e. The quantitative estimate of drug-likeness (QED) is 0.455. The fourth-order valence-electron chi connectivity index (χ4n) is 1.15. The van der Waals surface area contributed by atoms with Gasteiger partial charge in [0.2, 0.25) is 0 Å². The molecule has 0 unspecified atom stereocenters. The number of hydrogen-bond acceptors (Lipinski definition) is 4. The number of ether oxygens (including phenoxy) is 2. The minimum Gasteiger partial charge on any atom is -0.465 e. The van der Waals surface area contributed by atoms with Crippen molar-refractivity contribution in [1.29, 1.82) is 0 Å². The number of amides is 2. The maximum absolute atomic E-state index is 11.2. The zero-order valence-electron chi connectivity index (χ0n) is 11.3. The van der Waals surface area contributed by atoms with Crippen LogP contribution in [0.25, 0.3) is 0 Å². The molecule has 0 bridgehead atoms. The van der Waals surface area contributed by atoms with E-state index in [0.29, 0.717) is 19.8 Å². The summed E-state index contributed by atoms with van der Waals surface area (Å²) in [5.74, 6) is -0.435. The van der Waals surface area contributed by atoms with Gasteiger partial charge < -0.3 is 20.1 Å². The second-order valence-corrected chi connectivity index (χ2v) is 3.73. The smallest absolute Gasteiger partial charge is 0.325 e. The standard InChI is InChI=1S/C12H24N2O4/c1-3-5-8-17-9-6-7-13-12(16)14-10-11(15)18-4-2/h3-10H2,1-2H3,(H2,13,14,16). The summed E-state index contributed by atoms with van der Waals surface area (Å²) >= 11 is 0. The summed E-state index contributed by atoms with van der Waals surface area (Å²) in [6.07, 6.45) is 2.94. The van der Waals surface area contributed by atoms with E-state index in [-0.39, 0.29) is 12.6 Å². The average Bonchev–Trinajstić information content (AvgIpc) is 2.35. The molecule has 0 aliphatic carbocycles. The summed E-state index contributed by atoms with van der Waals surface area (Å²) in [7, 11) is 0. The number of esters is 1. The number of carbonyl (C=O) groups excluding carboxylic acids is 2. The van der Waals surface area contributed by atoms with Crippen LogP contribution in [-0.4, -0.2) is 44.9 Å². The van der Waals surface area contributed by atoms with E-state index < -0.39 is 5.97 Å². The molecule has 0 spiro atoms. The van der Waals surface area contributed by atoms with Crippen molar-refractivity contribution in [2.75, 3.05) is 32.9 Å². The Bertz CT molecular complexity index is 234. The molecule has 0 saturated heterocycles. The van der Waals surface area contributed by atoms with Crippen molar-refractivity contribution in [1.82, 2.24) is 10.6 Å². The van der Waals surface area contributed by atoms with Gasteiger partial charge in [-0.2, -0.15) is 0 Å². The molecule has 0 aliphatic rings. The Balaban J connectivity index is 3.29. The van der Waals surface area contributed by atoms with E-state index in [9.17, 15) is 9.59 Å². The molecule has 0 rings (SSSR count). The number of rotatable bonds is 10. The average molecular weight is 260 g/mol. The van der Waals surface area contributed by atoms with Crippen LogP contribution in [0.15, 0.2) is 0 Å². The van der Waals surface area contributed by atoms with Crippen LogP contribution in [0.3, 0.4) is 0 Å². The molecule has 6 nitrogen and oxygen atoms in total. The molecule has 0 radical (unpaired) electrons. The van der Waals surface area contributed by atoms with Crippen molar-refractivity contribution in [2.24, 2.45) is 0 Å². The van der Waals surface area contributed by atoms with Gasteiger partial charge in [0.1, 0.15) is 6.54 Å². The molecule has 2 N–H and O–H groups in total. The second kappa shape index (κ2) is 12.2. The van der Waals surface area contributed by atoms with Crippen LogP contribution in [0.5, 0.6) is 0 Å². The van der Waals surface area contributed by atoms with Crippen LogP contribution >= 0.6 is 0 Å². The number of carbonyl (C=O) groups is 2. The molecule has 0 saturated carbocycles. The molecular weight excluding hydrogens is 236 g/mol. The van der Waals surface area contributed by atoms with Gasteiger partial charge in [0.05, 0.1) is 6.61 Å². The van der Waals surface area contributed by atoms with Crippen LogP contribution in [0.4, 0.5) is 4.79 Å². The number of nitrogens with one attached hydrogen (secondary N) is 2. The van der Waals surface area contributed by atoms with E-state index in [1.807, 2.05) is 0 Å². The first-order chi connectivity index (χ1) is 8.70. The summed E-state index contributed by atoms with van der Waals surface area (Å²) in [4.78, 5) is 22.2. The number of unbranched alkanes of at least 4 members (excludes halogenated alkanes) is 1. The Labute approximate surface area is 108 Å². The summed E-state index contributed by atoms with van der Waals surface area (Å²) in [5.41, 5.74) is 0. The van der Waals surface area contributed by atoms with Crippen LogP contribution in [0.2, 0.25) is 0 Å². The van der Waals surface area contributed by atoms with Gasteiger partial charge in [-0.15, -0.1) is 0 Å². The molecule has 0 aromatic carbocycles. The predicted molar refractivity (Wildman–Crippen MR) is 68.4 cm³/mol. The summed E-state index contributed by atoms with van der Waals surface area (Å²) in [5, 5.41) is 5.05. The fraction of sp³-hybridized carbons (Fsp3) is 0.833. The normalized spacial score (nSPS) is 9.89.